The van der Waals surface area contributed by atoms with Gasteiger partial charge < -0.3 is 4.74 Å². The first-order valence-corrected chi connectivity index (χ1v) is 8.39. The monoisotopic (exact) mass is 294 g/mol. The Kier molecular flexibility index (Phi) is 7.14. The Bertz CT molecular complexity index is 453. The van der Waals surface area contributed by atoms with E-state index < -0.39 is 0 Å². The van der Waals surface area contributed by atoms with Gasteiger partial charge in [0.2, 0.25) is 0 Å². The lowest BCUT2D eigenvalue weighted by atomic mass is 10.0. The van der Waals surface area contributed by atoms with Crippen LogP contribution in [0, 0.1) is 13.8 Å². The van der Waals surface area contributed by atoms with Crippen LogP contribution in [0.15, 0.2) is 12.1 Å². The standard InChI is InChI=1S/C17H26O2S/c1-6-8-19-17-14(5)10-13(4)11-15(17)16(18)7-9-20-12(2)3/h10-12H,6-9H2,1-5H3. The maximum absolute atomic E-state index is 12.4. The zero-order valence-corrected chi connectivity index (χ0v) is 14.1. The molecule has 0 heterocycles. The van der Waals surface area contributed by atoms with Crippen molar-refractivity contribution < 1.29 is 9.53 Å². The highest BCUT2D eigenvalue weighted by atomic mass is 32.2. The summed E-state index contributed by atoms with van der Waals surface area (Å²) in [6.07, 6.45) is 1.53. The SMILES string of the molecule is CCCOc1c(C)cc(C)cc1C(=O)CCSC(C)C. The van der Waals surface area contributed by atoms with E-state index in [4.69, 9.17) is 4.74 Å². The molecule has 1 aromatic rings. The zero-order valence-electron chi connectivity index (χ0n) is 13.3. The maximum atomic E-state index is 12.4. The van der Waals surface area contributed by atoms with Gasteiger partial charge in [0.15, 0.2) is 5.78 Å². The van der Waals surface area contributed by atoms with Crippen LogP contribution in [0.2, 0.25) is 0 Å². The predicted molar refractivity (Wildman–Crippen MR) is 88.2 cm³/mol. The van der Waals surface area contributed by atoms with Crippen LogP contribution in [0.1, 0.15) is 55.1 Å². The number of hydrogen-bond donors (Lipinski definition) is 0. The van der Waals surface area contributed by atoms with Gasteiger partial charge in [-0.1, -0.05) is 26.8 Å². The summed E-state index contributed by atoms with van der Waals surface area (Å²) in [4.78, 5) is 12.4. The molecule has 0 saturated heterocycles. The fourth-order valence-corrected chi connectivity index (χ4v) is 2.85. The Labute approximate surface area is 127 Å². The van der Waals surface area contributed by atoms with Crippen LogP contribution < -0.4 is 4.74 Å². The van der Waals surface area contributed by atoms with Crippen LogP contribution in [0.25, 0.3) is 0 Å². The summed E-state index contributed by atoms with van der Waals surface area (Å²) in [6, 6.07) is 4.03. The smallest absolute Gasteiger partial charge is 0.167 e. The molecule has 0 aromatic heterocycles. The molecule has 1 aromatic carbocycles. The summed E-state index contributed by atoms with van der Waals surface area (Å²) in [7, 11) is 0. The van der Waals surface area contributed by atoms with Gasteiger partial charge in [-0.2, -0.15) is 11.8 Å². The summed E-state index contributed by atoms with van der Waals surface area (Å²) < 4.78 is 5.79. The van der Waals surface area contributed by atoms with Gasteiger partial charge in [-0.25, -0.2) is 0 Å². The molecule has 0 unspecified atom stereocenters. The van der Waals surface area contributed by atoms with Crippen LogP contribution in [0.5, 0.6) is 5.75 Å². The van der Waals surface area contributed by atoms with Crippen molar-refractivity contribution in [3.63, 3.8) is 0 Å². The van der Waals surface area contributed by atoms with E-state index in [1.807, 2.05) is 31.7 Å². The summed E-state index contributed by atoms with van der Waals surface area (Å²) in [5, 5.41) is 0.567. The minimum Gasteiger partial charge on any atom is -0.493 e. The van der Waals surface area contributed by atoms with Crippen molar-refractivity contribution in [2.75, 3.05) is 12.4 Å². The molecule has 0 fully saturated rings. The van der Waals surface area contributed by atoms with E-state index in [9.17, 15) is 4.79 Å². The molecule has 3 heteroatoms. The molecule has 0 aliphatic carbocycles. The quantitative estimate of drug-likeness (QED) is 0.644. The Morgan fingerprint density at radius 1 is 1.30 bits per heavy atom. The average Bonchev–Trinajstić information content (AvgIpc) is 2.36. The summed E-state index contributed by atoms with van der Waals surface area (Å²) in [5.74, 6) is 1.84. The lowest BCUT2D eigenvalue weighted by molar-refractivity contribution is 0.0985. The van der Waals surface area contributed by atoms with Crippen LogP contribution in [0.4, 0.5) is 0 Å². The highest BCUT2D eigenvalue weighted by Crippen LogP contribution is 2.27. The number of benzene rings is 1. The van der Waals surface area contributed by atoms with Gasteiger partial charge in [0, 0.05) is 12.2 Å². The number of thioether (sulfide) groups is 1. The topological polar surface area (TPSA) is 26.3 Å². The fourth-order valence-electron chi connectivity index (χ4n) is 2.08. The number of ether oxygens (including phenoxy) is 1. The summed E-state index contributed by atoms with van der Waals surface area (Å²) >= 11 is 1.82. The molecule has 0 bridgehead atoms. The number of carbonyl (C=O) groups excluding carboxylic acids is 1. The van der Waals surface area contributed by atoms with E-state index in [2.05, 4.69) is 26.8 Å². The van der Waals surface area contributed by atoms with Crippen LogP contribution in [0.3, 0.4) is 0 Å². The summed E-state index contributed by atoms with van der Waals surface area (Å²) in [6.45, 7) is 11.1. The normalized spacial score (nSPS) is 10.9. The molecule has 0 radical (unpaired) electrons. The minimum absolute atomic E-state index is 0.191. The largest absolute Gasteiger partial charge is 0.493 e. The second-order valence-corrected chi connectivity index (χ2v) is 7.08. The zero-order chi connectivity index (χ0) is 15.1. The number of aryl methyl sites for hydroxylation is 2. The van der Waals surface area contributed by atoms with Crippen molar-refractivity contribution in [2.45, 2.75) is 52.7 Å². The van der Waals surface area contributed by atoms with Crippen molar-refractivity contribution in [3.8, 4) is 5.75 Å². The van der Waals surface area contributed by atoms with E-state index in [1.54, 1.807) is 0 Å². The molecule has 0 spiro atoms. The van der Waals surface area contributed by atoms with Crippen molar-refractivity contribution >= 4 is 17.5 Å². The Balaban J connectivity index is 2.87. The van der Waals surface area contributed by atoms with Gasteiger partial charge >= 0.3 is 0 Å². The molecule has 0 amide bonds. The van der Waals surface area contributed by atoms with Crippen molar-refractivity contribution in [1.82, 2.24) is 0 Å². The first kappa shape index (κ1) is 17.1. The molecule has 2 nitrogen and oxygen atoms in total. The van der Waals surface area contributed by atoms with Gasteiger partial charge in [-0.05, 0) is 42.7 Å². The van der Waals surface area contributed by atoms with Crippen LogP contribution in [-0.2, 0) is 0 Å². The van der Waals surface area contributed by atoms with E-state index in [0.29, 0.717) is 18.3 Å². The van der Waals surface area contributed by atoms with Crippen LogP contribution in [-0.4, -0.2) is 23.4 Å². The molecule has 0 atom stereocenters. The lowest BCUT2D eigenvalue weighted by Crippen LogP contribution is -2.08. The van der Waals surface area contributed by atoms with E-state index in [-0.39, 0.29) is 5.78 Å². The number of hydrogen-bond acceptors (Lipinski definition) is 3. The number of Topliss-reactive ketones (excluding diaryl/α,β-unsaturated/α-hetero) is 1. The van der Waals surface area contributed by atoms with E-state index in [1.165, 1.54) is 0 Å². The highest BCUT2D eigenvalue weighted by molar-refractivity contribution is 7.99. The number of carbonyl (C=O) groups is 1. The lowest BCUT2D eigenvalue weighted by Gasteiger charge is -2.14. The fraction of sp³-hybridized carbons (Fsp3) is 0.588. The van der Waals surface area contributed by atoms with Crippen molar-refractivity contribution in [1.29, 1.82) is 0 Å². The minimum atomic E-state index is 0.191. The highest BCUT2D eigenvalue weighted by Gasteiger charge is 2.15. The molecule has 0 N–H and O–H groups in total. The molecule has 0 saturated carbocycles. The Morgan fingerprint density at radius 2 is 2.00 bits per heavy atom. The third-order valence-electron chi connectivity index (χ3n) is 2.95. The first-order valence-electron chi connectivity index (χ1n) is 7.34. The third kappa shape index (κ3) is 5.20. The van der Waals surface area contributed by atoms with Gasteiger partial charge in [-0.15, -0.1) is 0 Å². The van der Waals surface area contributed by atoms with Crippen LogP contribution >= 0.6 is 11.8 Å². The summed E-state index contributed by atoms with van der Waals surface area (Å²) in [5.41, 5.74) is 2.92. The van der Waals surface area contributed by atoms with Gasteiger partial charge in [0.25, 0.3) is 0 Å². The molecule has 20 heavy (non-hydrogen) atoms. The molecule has 0 aliphatic heterocycles. The van der Waals surface area contributed by atoms with E-state index in [0.717, 1.165) is 34.6 Å². The molecule has 1 rings (SSSR count). The maximum Gasteiger partial charge on any atom is 0.167 e. The van der Waals surface area contributed by atoms with Crippen molar-refractivity contribution in [2.24, 2.45) is 0 Å². The molecule has 0 aliphatic rings. The van der Waals surface area contributed by atoms with Gasteiger partial charge in [0.05, 0.1) is 12.2 Å². The molecular formula is C17H26O2S. The van der Waals surface area contributed by atoms with Crippen molar-refractivity contribution in [3.05, 3.63) is 28.8 Å². The second kappa shape index (κ2) is 8.35. The van der Waals surface area contributed by atoms with E-state index >= 15 is 0 Å². The van der Waals surface area contributed by atoms with Gasteiger partial charge in [0.1, 0.15) is 5.75 Å². The molecular weight excluding hydrogens is 268 g/mol. The Morgan fingerprint density at radius 3 is 2.60 bits per heavy atom. The predicted octanol–water partition coefficient (Wildman–Crippen LogP) is 4.81. The number of ketones is 1. The Hall–Kier alpha value is -0.960. The first-order chi connectivity index (χ1) is 9.45. The van der Waals surface area contributed by atoms with Gasteiger partial charge in [-0.3, -0.25) is 4.79 Å². The molecule has 112 valence electrons. The average molecular weight is 294 g/mol. The number of rotatable bonds is 8. The second-order valence-electron chi connectivity index (χ2n) is 5.40. The third-order valence-corrected chi connectivity index (χ3v) is 4.06.